The van der Waals surface area contributed by atoms with E-state index in [1.165, 1.54) is 66.1 Å². The van der Waals surface area contributed by atoms with Crippen molar-refractivity contribution in [2.45, 2.75) is 20.8 Å². The summed E-state index contributed by atoms with van der Waals surface area (Å²) >= 11 is 0. The normalized spacial score (nSPS) is 11.6. The van der Waals surface area contributed by atoms with Crippen molar-refractivity contribution in [3.8, 4) is 33.5 Å². The topological polar surface area (TPSA) is 12.9 Å². The lowest BCUT2D eigenvalue weighted by Gasteiger charge is -2.11. The lowest BCUT2D eigenvalue weighted by molar-refractivity contribution is 1.41. The molecule has 1 aromatic heterocycles. The van der Waals surface area contributed by atoms with Crippen LogP contribution in [0.25, 0.3) is 77.6 Å². The molecular weight excluding hydrogens is 591 g/mol. The molecule has 0 saturated heterocycles. The first kappa shape index (κ1) is 30.3. The predicted octanol–water partition coefficient (Wildman–Crippen LogP) is 13.2. The highest BCUT2D eigenvalue weighted by molar-refractivity contribution is 6.07. The lowest BCUT2D eigenvalue weighted by atomic mass is 9.94. The Morgan fingerprint density at radius 1 is 0.531 bits per heavy atom. The number of aromatic nitrogens is 1. The molecule has 0 aliphatic carbocycles. The van der Waals surface area contributed by atoms with Crippen LogP contribution in [-0.2, 0) is 0 Å². The summed E-state index contributed by atoms with van der Waals surface area (Å²) < 4.78 is 0. The second kappa shape index (κ2) is 12.5. The van der Waals surface area contributed by atoms with Crippen LogP contribution in [-0.4, -0.2) is 4.98 Å². The van der Waals surface area contributed by atoms with E-state index >= 15 is 0 Å². The quantitative estimate of drug-likeness (QED) is 0.132. The van der Waals surface area contributed by atoms with Crippen LogP contribution in [0.5, 0.6) is 0 Å². The van der Waals surface area contributed by atoms with Gasteiger partial charge in [-0.25, -0.2) is 4.98 Å². The Morgan fingerprint density at radius 3 is 1.73 bits per heavy atom. The maximum atomic E-state index is 5.21. The van der Waals surface area contributed by atoms with Gasteiger partial charge in [-0.2, -0.15) is 0 Å². The third-order valence-corrected chi connectivity index (χ3v) is 9.94. The molecule has 234 valence electrons. The van der Waals surface area contributed by atoms with Gasteiger partial charge in [0.25, 0.3) is 0 Å². The van der Waals surface area contributed by atoms with E-state index in [0.717, 1.165) is 33.3 Å². The fourth-order valence-electron chi connectivity index (χ4n) is 7.00. The first-order chi connectivity index (χ1) is 23.9. The second-order valence-electron chi connectivity index (χ2n) is 13.1. The Hall–Kier alpha value is -6.05. The molecule has 49 heavy (non-hydrogen) atoms. The molecule has 0 fully saturated rings. The lowest BCUT2D eigenvalue weighted by Crippen LogP contribution is -1.89. The molecule has 0 amide bonds. The minimum absolute atomic E-state index is 0.964. The molecule has 0 N–H and O–H groups in total. The standard InChI is InChI=1S/C48H37N/c1-31(13-14-36-17-18-37-20-25-41(29-45(37)34(36)4)43-11-7-5-9-32(43)2)35-15-22-39(23-16-35)47-28-27-40-24-19-38-21-26-42(30-46(38)48(40)49-47)44-12-8-6-10-33(44)3/h5-30H,1H2,2-4H3/b14-13-. The van der Waals surface area contributed by atoms with Gasteiger partial charge in [-0.1, -0.05) is 146 Å². The van der Waals surface area contributed by atoms with Crippen molar-refractivity contribution in [3.63, 3.8) is 0 Å². The van der Waals surface area contributed by atoms with Crippen LogP contribution in [0.1, 0.15) is 27.8 Å². The van der Waals surface area contributed by atoms with Gasteiger partial charge in [-0.05, 0) is 111 Å². The molecule has 0 saturated carbocycles. The first-order valence-electron chi connectivity index (χ1n) is 16.9. The molecule has 0 spiro atoms. The van der Waals surface area contributed by atoms with Gasteiger partial charge in [-0.3, -0.25) is 0 Å². The van der Waals surface area contributed by atoms with Crippen LogP contribution in [0, 0.1) is 20.8 Å². The number of aryl methyl sites for hydroxylation is 3. The summed E-state index contributed by atoms with van der Waals surface area (Å²) in [7, 11) is 0. The van der Waals surface area contributed by atoms with E-state index in [0.29, 0.717) is 0 Å². The Balaban J connectivity index is 1.07. The largest absolute Gasteiger partial charge is 0.247 e. The van der Waals surface area contributed by atoms with Crippen molar-refractivity contribution in [3.05, 3.63) is 186 Å². The minimum atomic E-state index is 0.964. The molecule has 0 radical (unpaired) electrons. The van der Waals surface area contributed by atoms with Crippen LogP contribution in [0.2, 0.25) is 0 Å². The van der Waals surface area contributed by atoms with Crippen LogP contribution in [0.15, 0.2) is 158 Å². The highest BCUT2D eigenvalue weighted by atomic mass is 14.7. The van der Waals surface area contributed by atoms with Crippen LogP contribution < -0.4 is 0 Å². The Morgan fingerprint density at radius 2 is 1.06 bits per heavy atom. The van der Waals surface area contributed by atoms with E-state index in [-0.39, 0.29) is 0 Å². The van der Waals surface area contributed by atoms with Crippen LogP contribution >= 0.6 is 0 Å². The van der Waals surface area contributed by atoms with Crippen LogP contribution in [0.4, 0.5) is 0 Å². The summed E-state index contributed by atoms with van der Waals surface area (Å²) in [5, 5.41) is 6.04. The molecule has 0 bridgehead atoms. The summed E-state index contributed by atoms with van der Waals surface area (Å²) in [6, 6.07) is 52.3. The van der Waals surface area contributed by atoms with Crippen molar-refractivity contribution in [2.75, 3.05) is 0 Å². The summed E-state index contributed by atoms with van der Waals surface area (Å²) in [5.41, 5.74) is 15.2. The van der Waals surface area contributed by atoms with Crippen molar-refractivity contribution in [1.29, 1.82) is 0 Å². The highest BCUT2D eigenvalue weighted by Crippen LogP contribution is 2.33. The third-order valence-electron chi connectivity index (χ3n) is 9.94. The molecule has 1 heteroatoms. The minimum Gasteiger partial charge on any atom is -0.247 e. The maximum absolute atomic E-state index is 5.21. The molecule has 0 aliphatic rings. The Kier molecular flexibility index (Phi) is 7.74. The molecular formula is C48H37N. The molecule has 8 rings (SSSR count). The van der Waals surface area contributed by atoms with Gasteiger partial charge < -0.3 is 0 Å². The predicted molar refractivity (Wildman–Crippen MR) is 212 cm³/mol. The maximum Gasteiger partial charge on any atom is 0.0788 e. The molecule has 0 unspecified atom stereocenters. The molecule has 1 heterocycles. The Labute approximate surface area is 288 Å². The second-order valence-corrected chi connectivity index (χ2v) is 13.1. The average Bonchev–Trinajstić information content (AvgIpc) is 3.14. The summed E-state index contributed by atoms with van der Waals surface area (Å²) in [6.07, 6.45) is 4.31. The number of hydrogen-bond acceptors (Lipinski definition) is 1. The molecule has 8 aromatic rings. The van der Waals surface area contributed by atoms with E-state index in [4.69, 9.17) is 4.98 Å². The van der Waals surface area contributed by atoms with Crippen molar-refractivity contribution in [1.82, 2.24) is 4.98 Å². The van der Waals surface area contributed by atoms with Gasteiger partial charge >= 0.3 is 0 Å². The van der Waals surface area contributed by atoms with E-state index in [9.17, 15) is 0 Å². The fourth-order valence-corrected chi connectivity index (χ4v) is 7.00. The van der Waals surface area contributed by atoms with E-state index < -0.39 is 0 Å². The van der Waals surface area contributed by atoms with Crippen molar-refractivity contribution < 1.29 is 0 Å². The van der Waals surface area contributed by atoms with E-state index in [1.54, 1.807) is 0 Å². The number of benzene rings is 7. The summed E-state index contributed by atoms with van der Waals surface area (Å²) in [4.78, 5) is 5.21. The number of hydrogen-bond donors (Lipinski definition) is 0. The van der Waals surface area contributed by atoms with Gasteiger partial charge in [-0.15, -0.1) is 0 Å². The highest BCUT2D eigenvalue weighted by Gasteiger charge is 2.10. The number of fused-ring (bicyclic) bond motifs is 4. The first-order valence-corrected chi connectivity index (χ1v) is 16.9. The zero-order valence-corrected chi connectivity index (χ0v) is 28.2. The van der Waals surface area contributed by atoms with Gasteiger partial charge in [0.05, 0.1) is 11.2 Å². The molecule has 0 aliphatic heterocycles. The molecule has 0 atom stereocenters. The number of allylic oxidation sites excluding steroid dienone is 2. The fraction of sp³-hybridized carbons (Fsp3) is 0.0625. The van der Waals surface area contributed by atoms with Gasteiger partial charge in [0.2, 0.25) is 0 Å². The summed E-state index contributed by atoms with van der Waals surface area (Å²) in [5.74, 6) is 0. The van der Waals surface area contributed by atoms with E-state index in [1.807, 2.05) is 0 Å². The zero-order chi connectivity index (χ0) is 33.5. The van der Waals surface area contributed by atoms with Crippen LogP contribution in [0.3, 0.4) is 0 Å². The van der Waals surface area contributed by atoms with Crippen molar-refractivity contribution >= 4 is 44.1 Å². The number of rotatable bonds is 6. The smallest absolute Gasteiger partial charge is 0.0788 e. The van der Waals surface area contributed by atoms with Crippen molar-refractivity contribution in [2.24, 2.45) is 0 Å². The molecule has 7 aromatic carbocycles. The van der Waals surface area contributed by atoms with Gasteiger partial charge in [0, 0.05) is 16.3 Å². The monoisotopic (exact) mass is 627 g/mol. The Bertz CT molecular complexity index is 2580. The zero-order valence-electron chi connectivity index (χ0n) is 28.2. The molecule has 1 nitrogen and oxygen atoms in total. The average molecular weight is 628 g/mol. The third kappa shape index (κ3) is 5.75. The SMILES string of the molecule is C=C(/C=C\c1ccc2ccc(-c3ccccc3C)cc2c1C)c1ccc(-c2ccc3ccc4ccc(-c5ccccc5C)cc4c3n2)cc1. The van der Waals surface area contributed by atoms with E-state index in [2.05, 4.69) is 185 Å². The number of nitrogens with zero attached hydrogens (tertiary/aromatic N) is 1. The number of pyridine rings is 1. The summed E-state index contributed by atoms with van der Waals surface area (Å²) in [6.45, 7) is 11.0. The van der Waals surface area contributed by atoms with Gasteiger partial charge in [0.1, 0.15) is 0 Å². The van der Waals surface area contributed by atoms with Gasteiger partial charge in [0.15, 0.2) is 0 Å².